The molecule has 5 heteroatoms. The summed E-state index contributed by atoms with van der Waals surface area (Å²) in [6, 6.07) is 9.36. The Hall–Kier alpha value is -1.88. The van der Waals surface area contributed by atoms with E-state index in [1.54, 1.807) is 0 Å². The van der Waals surface area contributed by atoms with Crippen molar-refractivity contribution in [3.63, 3.8) is 0 Å². The number of rotatable bonds is 3. The Morgan fingerprint density at radius 3 is 2.75 bits per heavy atom. The van der Waals surface area contributed by atoms with Gasteiger partial charge in [0.2, 0.25) is 11.4 Å². The third-order valence-electron chi connectivity index (χ3n) is 2.46. The van der Waals surface area contributed by atoms with Crippen LogP contribution in [0.4, 0.5) is 0 Å². The van der Waals surface area contributed by atoms with Crippen LogP contribution in [0.1, 0.15) is 18.5 Å². The molecule has 1 aromatic carbocycles. The molecular formula is C11H13N3O2. The van der Waals surface area contributed by atoms with Gasteiger partial charge in [0.1, 0.15) is 0 Å². The van der Waals surface area contributed by atoms with Crippen LogP contribution in [0.5, 0.6) is 5.95 Å². The summed E-state index contributed by atoms with van der Waals surface area (Å²) >= 11 is 0. The minimum Gasteiger partial charge on any atom is -0.539 e. The van der Waals surface area contributed by atoms with E-state index in [1.807, 2.05) is 37.3 Å². The van der Waals surface area contributed by atoms with Crippen LogP contribution in [-0.4, -0.2) is 11.8 Å². The fraction of sp³-hybridized carbons (Fsp3) is 0.273. The van der Waals surface area contributed by atoms with Crippen molar-refractivity contribution in [2.24, 2.45) is 5.73 Å². The van der Waals surface area contributed by atoms with Crippen molar-refractivity contribution < 1.29 is 14.3 Å². The lowest BCUT2D eigenvalue weighted by Crippen LogP contribution is -2.38. The Morgan fingerprint density at radius 2 is 2.12 bits per heavy atom. The van der Waals surface area contributed by atoms with Crippen molar-refractivity contribution in [3.8, 4) is 11.6 Å². The highest BCUT2D eigenvalue weighted by molar-refractivity contribution is 5.23. The van der Waals surface area contributed by atoms with Gasteiger partial charge in [-0.15, -0.1) is 0 Å². The summed E-state index contributed by atoms with van der Waals surface area (Å²) in [4.78, 5) is 0. The van der Waals surface area contributed by atoms with Gasteiger partial charge in [0, 0.05) is 18.7 Å². The number of aromatic nitrogens is 2. The number of benzene rings is 1. The molecule has 2 rings (SSSR count). The molecule has 2 N–H and O–H groups in total. The monoisotopic (exact) mass is 219 g/mol. The van der Waals surface area contributed by atoms with E-state index < -0.39 is 5.95 Å². The van der Waals surface area contributed by atoms with Crippen molar-refractivity contribution in [1.82, 2.24) is 5.27 Å². The van der Waals surface area contributed by atoms with Crippen LogP contribution in [0.15, 0.2) is 34.9 Å². The second kappa shape index (κ2) is 4.32. The van der Waals surface area contributed by atoms with Crippen LogP contribution in [0.2, 0.25) is 0 Å². The molecule has 0 saturated carbocycles. The first kappa shape index (κ1) is 10.6. The molecule has 84 valence electrons. The quantitative estimate of drug-likeness (QED) is 0.742. The summed E-state index contributed by atoms with van der Waals surface area (Å²) in [5, 5.41) is 15.2. The standard InChI is InChI=1S/C11H13N3O2/c1-8(7-12)10-11(15)16-13-14(10)9-5-3-2-4-6-9/h2-6,8H,7,12H2,1H3. The van der Waals surface area contributed by atoms with Gasteiger partial charge >= 0.3 is 0 Å². The van der Waals surface area contributed by atoms with Crippen LogP contribution in [0, 0.1) is 0 Å². The Balaban J connectivity index is 2.50. The first-order valence-electron chi connectivity index (χ1n) is 5.08. The van der Waals surface area contributed by atoms with Crippen molar-refractivity contribution in [2.75, 3.05) is 6.54 Å². The number of hydrogen-bond donors (Lipinski definition) is 1. The zero-order chi connectivity index (χ0) is 11.5. The molecule has 0 amide bonds. The van der Waals surface area contributed by atoms with Crippen LogP contribution in [-0.2, 0) is 0 Å². The predicted octanol–water partition coefficient (Wildman–Crippen LogP) is 0.0871. The van der Waals surface area contributed by atoms with Gasteiger partial charge < -0.3 is 15.4 Å². The van der Waals surface area contributed by atoms with E-state index in [9.17, 15) is 5.11 Å². The van der Waals surface area contributed by atoms with Gasteiger partial charge in [0.25, 0.3) is 0 Å². The van der Waals surface area contributed by atoms with Gasteiger partial charge in [-0.25, -0.2) is 0 Å². The SMILES string of the molecule is CC(CN)c1c([O-])on[n+]1-c1ccccc1. The molecule has 0 spiro atoms. The highest BCUT2D eigenvalue weighted by Crippen LogP contribution is 2.19. The lowest BCUT2D eigenvalue weighted by atomic mass is 10.1. The summed E-state index contributed by atoms with van der Waals surface area (Å²) in [5.41, 5.74) is 6.83. The molecule has 1 heterocycles. The predicted molar refractivity (Wildman–Crippen MR) is 55.0 cm³/mol. The first-order valence-corrected chi connectivity index (χ1v) is 5.08. The molecule has 5 nitrogen and oxygen atoms in total. The molecular weight excluding hydrogens is 206 g/mol. The van der Waals surface area contributed by atoms with Gasteiger partial charge in [-0.3, -0.25) is 0 Å². The van der Waals surface area contributed by atoms with Crippen molar-refractivity contribution in [1.29, 1.82) is 0 Å². The van der Waals surface area contributed by atoms with Crippen molar-refractivity contribution >= 4 is 0 Å². The Kier molecular flexibility index (Phi) is 2.87. The maximum absolute atomic E-state index is 11.5. The molecule has 0 fully saturated rings. The van der Waals surface area contributed by atoms with E-state index in [1.165, 1.54) is 4.68 Å². The lowest BCUT2D eigenvalue weighted by molar-refractivity contribution is -0.678. The van der Waals surface area contributed by atoms with E-state index in [-0.39, 0.29) is 5.92 Å². The normalized spacial score (nSPS) is 12.6. The zero-order valence-electron chi connectivity index (χ0n) is 8.96. The molecule has 0 aliphatic rings. The summed E-state index contributed by atoms with van der Waals surface area (Å²) in [7, 11) is 0. The summed E-state index contributed by atoms with van der Waals surface area (Å²) in [6.45, 7) is 2.25. The average Bonchev–Trinajstić information content (AvgIpc) is 2.71. The molecule has 1 aromatic heterocycles. The molecule has 16 heavy (non-hydrogen) atoms. The van der Waals surface area contributed by atoms with Crippen LogP contribution >= 0.6 is 0 Å². The minimum atomic E-state index is -0.429. The summed E-state index contributed by atoms with van der Waals surface area (Å²) < 4.78 is 6.17. The summed E-state index contributed by atoms with van der Waals surface area (Å²) in [5.74, 6) is -0.513. The highest BCUT2D eigenvalue weighted by atomic mass is 16.6. The van der Waals surface area contributed by atoms with E-state index in [0.29, 0.717) is 12.2 Å². The van der Waals surface area contributed by atoms with Crippen LogP contribution in [0.3, 0.4) is 0 Å². The van der Waals surface area contributed by atoms with E-state index in [0.717, 1.165) is 5.69 Å². The van der Waals surface area contributed by atoms with Gasteiger partial charge in [0.05, 0.1) is 11.2 Å². The van der Waals surface area contributed by atoms with Crippen molar-refractivity contribution in [3.05, 3.63) is 36.0 Å². The molecule has 1 unspecified atom stereocenters. The molecule has 2 aromatic rings. The summed E-state index contributed by atoms with van der Waals surface area (Å²) in [6.07, 6.45) is 0. The minimum absolute atomic E-state index is 0.0843. The molecule has 0 aliphatic heterocycles. The largest absolute Gasteiger partial charge is 0.539 e. The third kappa shape index (κ3) is 1.77. The highest BCUT2D eigenvalue weighted by Gasteiger charge is 2.24. The molecule has 0 saturated heterocycles. The van der Waals surface area contributed by atoms with Crippen LogP contribution < -0.4 is 15.5 Å². The Morgan fingerprint density at radius 1 is 1.44 bits per heavy atom. The van der Waals surface area contributed by atoms with Gasteiger partial charge in [0.15, 0.2) is 5.95 Å². The third-order valence-corrected chi connectivity index (χ3v) is 2.46. The second-order valence-electron chi connectivity index (χ2n) is 3.63. The maximum atomic E-state index is 11.5. The Labute approximate surface area is 93.1 Å². The molecule has 1 atom stereocenters. The fourth-order valence-electron chi connectivity index (χ4n) is 1.53. The smallest absolute Gasteiger partial charge is 0.244 e. The van der Waals surface area contributed by atoms with Crippen LogP contribution in [0.25, 0.3) is 5.69 Å². The number of nitrogens with two attached hydrogens (primary N) is 1. The molecule has 0 aliphatic carbocycles. The average molecular weight is 219 g/mol. The topological polar surface area (TPSA) is 79.0 Å². The fourth-order valence-corrected chi connectivity index (χ4v) is 1.53. The van der Waals surface area contributed by atoms with E-state index in [4.69, 9.17) is 5.73 Å². The van der Waals surface area contributed by atoms with Gasteiger partial charge in [-0.2, -0.15) is 0 Å². The number of para-hydroxylation sites is 1. The van der Waals surface area contributed by atoms with E-state index >= 15 is 0 Å². The van der Waals surface area contributed by atoms with Crippen molar-refractivity contribution in [2.45, 2.75) is 12.8 Å². The van der Waals surface area contributed by atoms with E-state index in [2.05, 4.69) is 9.79 Å². The maximum Gasteiger partial charge on any atom is 0.244 e. The molecule has 0 radical (unpaired) electrons. The lowest BCUT2D eigenvalue weighted by Gasteiger charge is -2.03. The van der Waals surface area contributed by atoms with Gasteiger partial charge in [-0.05, 0) is 4.68 Å². The Bertz CT molecular complexity index is 467. The zero-order valence-corrected chi connectivity index (χ0v) is 8.96. The van der Waals surface area contributed by atoms with Gasteiger partial charge in [-0.1, -0.05) is 25.1 Å². The second-order valence-corrected chi connectivity index (χ2v) is 3.63. The number of hydrogen-bond acceptors (Lipinski definition) is 4. The number of nitrogens with zero attached hydrogens (tertiary/aromatic N) is 2. The first-order chi connectivity index (χ1) is 7.74. The molecule has 0 bridgehead atoms.